The van der Waals surface area contributed by atoms with Crippen molar-refractivity contribution < 1.29 is 14.6 Å². The Hall–Kier alpha value is -1.97. The van der Waals surface area contributed by atoms with E-state index < -0.39 is 0 Å². The smallest absolute Gasteiger partial charge is 0.250 e. The summed E-state index contributed by atoms with van der Waals surface area (Å²) >= 11 is 0. The van der Waals surface area contributed by atoms with Gasteiger partial charge in [0.25, 0.3) is 5.91 Å². The molecule has 1 aromatic carbocycles. The summed E-state index contributed by atoms with van der Waals surface area (Å²) in [5.41, 5.74) is 1.89. The summed E-state index contributed by atoms with van der Waals surface area (Å²) in [6.45, 7) is 2.70. The molecule has 1 amide bonds. The van der Waals surface area contributed by atoms with Gasteiger partial charge in [0, 0.05) is 6.04 Å². The zero-order chi connectivity index (χ0) is 14.4. The van der Waals surface area contributed by atoms with E-state index in [1.165, 1.54) is 0 Å². The van der Waals surface area contributed by atoms with Crippen LogP contribution in [0.25, 0.3) is 0 Å². The zero-order valence-corrected chi connectivity index (χ0v) is 11.8. The van der Waals surface area contributed by atoms with Crippen molar-refractivity contribution in [2.45, 2.75) is 38.6 Å². The van der Waals surface area contributed by atoms with Crippen LogP contribution in [0.15, 0.2) is 36.1 Å². The van der Waals surface area contributed by atoms with E-state index in [1.54, 1.807) is 18.4 Å². The molecule has 1 atom stereocenters. The van der Waals surface area contributed by atoms with E-state index in [2.05, 4.69) is 5.32 Å². The largest absolute Gasteiger partial charge is 0.508 e. The molecule has 2 rings (SSSR count). The van der Waals surface area contributed by atoms with Gasteiger partial charge in [-0.05, 0) is 50.3 Å². The Morgan fingerprint density at radius 2 is 2.15 bits per heavy atom. The van der Waals surface area contributed by atoms with Crippen LogP contribution in [-0.2, 0) is 16.0 Å². The number of carbonyl (C=O) groups excluding carboxylic acids is 1. The van der Waals surface area contributed by atoms with Crippen LogP contribution >= 0.6 is 0 Å². The molecule has 4 heteroatoms. The fraction of sp³-hybridized carbons (Fsp3) is 0.438. The predicted molar refractivity (Wildman–Crippen MR) is 77.3 cm³/mol. The maximum Gasteiger partial charge on any atom is 0.250 e. The highest BCUT2D eigenvalue weighted by molar-refractivity contribution is 5.93. The average molecular weight is 275 g/mol. The monoisotopic (exact) mass is 275 g/mol. The Balaban J connectivity index is 1.77. The molecule has 20 heavy (non-hydrogen) atoms. The van der Waals surface area contributed by atoms with E-state index in [9.17, 15) is 9.90 Å². The number of phenolic OH excluding ortho intramolecular Hbond substituents is 1. The van der Waals surface area contributed by atoms with Crippen LogP contribution in [0.2, 0.25) is 0 Å². The second kappa shape index (κ2) is 6.98. The normalized spacial score (nSPS) is 15.9. The highest BCUT2D eigenvalue weighted by Gasteiger charge is 2.15. The van der Waals surface area contributed by atoms with Gasteiger partial charge in [0.1, 0.15) is 5.75 Å². The highest BCUT2D eigenvalue weighted by Crippen LogP contribution is 2.14. The lowest BCUT2D eigenvalue weighted by molar-refractivity contribution is -0.118. The molecule has 1 aromatic rings. The third kappa shape index (κ3) is 4.30. The topological polar surface area (TPSA) is 58.6 Å². The van der Waals surface area contributed by atoms with Crippen LogP contribution < -0.4 is 5.32 Å². The molecule has 0 unspecified atom stereocenters. The molecule has 1 aliphatic heterocycles. The second-order valence-electron chi connectivity index (χ2n) is 5.20. The molecule has 0 fully saturated rings. The first-order valence-electron chi connectivity index (χ1n) is 7.04. The van der Waals surface area contributed by atoms with Gasteiger partial charge in [0.05, 0.1) is 18.4 Å². The van der Waals surface area contributed by atoms with E-state index in [1.807, 2.05) is 19.1 Å². The summed E-state index contributed by atoms with van der Waals surface area (Å²) < 4.78 is 5.18. The number of ether oxygens (including phenoxy) is 1. The molecule has 0 saturated heterocycles. The molecule has 0 bridgehead atoms. The van der Waals surface area contributed by atoms with Crippen LogP contribution in [0.5, 0.6) is 5.75 Å². The van der Waals surface area contributed by atoms with E-state index >= 15 is 0 Å². The summed E-state index contributed by atoms with van der Waals surface area (Å²) in [5, 5.41) is 12.2. The van der Waals surface area contributed by atoms with Crippen LogP contribution in [-0.4, -0.2) is 23.7 Å². The minimum atomic E-state index is -0.0251. The Morgan fingerprint density at radius 1 is 1.40 bits per heavy atom. The third-order valence-electron chi connectivity index (χ3n) is 3.41. The fourth-order valence-corrected chi connectivity index (χ4v) is 2.17. The second-order valence-corrected chi connectivity index (χ2v) is 5.20. The number of carbonyl (C=O) groups is 1. The zero-order valence-electron chi connectivity index (χ0n) is 11.8. The average Bonchev–Trinajstić information content (AvgIpc) is 2.47. The molecular weight excluding hydrogens is 254 g/mol. The van der Waals surface area contributed by atoms with E-state index in [4.69, 9.17) is 4.74 Å². The van der Waals surface area contributed by atoms with Gasteiger partial charge >= 0.3 is 0 Å². The number of benzene rings is 1. The lowest BCUT2D eigenvalue weighted by atomic mass is 10.0. The Bertz CT molecular complexity index is 479. The van der Waals surface area contributed by atoms with E-state index in [0.29, 0.717) is 6.61 Å². The molecule has 4 nitrogen and oxygen atoms in total. The molecule has 0 aromatic heterocycles. The summed E-state index contributed by atoms with van der Waals surface area (Å²) in [5.74, 6) is 0.252. The number of hydrogen-bond donors (Lipinski definition) is 2. The number of phenols is 1. The van der Waals surface area contributed by atoms with Gasteiger partial charge in [0.2, 0.25) is 0 Å². The van der Waals surface area contributed by atoms with Crippen molar-refractivity contribution in [3.63, 3.8) is 0 Å². The van der Waals surface area contributed by atoms with Crippen LogP contribution in [0.3, 0.4) is 0 Å². The molecule has 0 aliphatic carbocycles. The highest BCUT2D eigenvalue weighted by atomic mass is 16.5. The van der Waals surface area contributed by atoms with Crippen molar-refractivity contribution in [3.8, 4) is 5.75 Å². The Morgan fingerprint density at radius 3 is 2.80 bits per heavy atom. The molecule has 0 saturated carbocycles. The first-order chi connectivity index (χ1) is 9.65. The Labute approximate surface area is 119 Å². The standard InChI is InChI=1S/C16H21NO3/c1-12(4-5-13-6-8-15(18)9-7-13)17-16(19)14-3-2-10-20-11-14/h6-9,11-12,18H,2-5,10H2,1H3,(H,17,19)/t12-/m0/s1. The first-order valence-corrected chi connectivity index (χ1v) is 7.04. The minimum Gasteiger partial charge on any atom is -0.508 e. The van der Waals surface area contributed by atoms with Crippen molar-refractivity contribution in [2.75, 3.05) is 6.61 Å². The van der Waals surface area contributed by atoms with Crippen molar-refractivity contribution >= 4 is 5.91 Å². The Kier molecular flexibility index (Phi) is 5.04. The number of nitrogens with one attached hydrogen (secondary N) is 1. The molecule has 2 N–H and O–H groups in total. The van der Waals surface area contributed by atoms with Gasteiger partial charge in [-0.1, -0.05) is 12.1 Å². The van der Waals surface area contributed by atoms with Crippen molar-refractivity contribution in [1.82, 2.24) is 5.32 Å². The van der Waals surface area contributed by atoms with Crippen molar-refractivity contribution in [3.05, 3.63) is 41.7 Å². The molecule has 1 heterocycles. The fourth-order valence-electron chi connectivity index (χ4n) is 2.17. The predicted octanol–water partition coefficient (Wildman–Crippen LogP) is 2.52. The molecule has 0 spiro atoms. The van der Waals surface area contributed by atoms with E-state index in [-0.39, 0.29) is 17.7 Å². The number of hydrogen-bond acceptors (Lipinski definition) is 3. The number of amides is 1. The van der Waals surface area contributed by atoms with Crippen LogP contribution in [0, 0.1) is 0 Å². The van der Waals surface area contributed by atoms with Gasteiger partial charge in [-0.2, -0.15) is 0 Å². The maximum atomic E-state index is 12.0. The summed E-state index contributed by atoms with van der Waals surface area (Å²) in [4.78, 5) is 12.0. The summed E-state index contributed by atoms with van der Waals surface area (Å²) in [7, 11) is 0. The van der Waals surface area contributed by atoms with E-state index in [0.717, 1.165) is 36.8 Å². The van der Waals surface area contributed by atoms with Gasteiger partial charge in [-0.3, -0.25) is 4.79 Å². The molecule has 1 aliphatic rings. The van der Waals surface area contributed by atoms with Crippen molar-refractivity contribution in [2.24, 2.45) is 0 Å². The number of aryl methyl sites for hydroxylation is 1. The summed E-state index contributed by atoms with van der Waals surface area (Å²) in [6.07, 6.45) is 5.01. The molecule has 108 valence electrons. The number of aromatic hydroxyl groups is 1. The van der Waals surface area contributed by atoms with Crippen LogP contribution in [0.1, 0.15) is 31.7 Å². The van der Waals surface area contributed by atoms with Gasteiger partial charge in [0.15, 0.2) is 0 Å². The number of rotatable bonds is 5. The van der Waals surface area contributed by atoms with Gasteiger partial charge < -0.3 is 15.2 Å². The first kappa shape index (κ1) is 14.4. The third-order valence-corrected chi connectivity index (χ3v) is 3.41. The van der Waals surface area contributed by atoms with Gasteiger partial charge in [-0.15, -0.1) is 0 Å². The van der Waals surface area contributed by atoms with Crippen molar-refractivity contribution in [1.29, 1.82) is 0 Å². The summed E-state index contributed by atoms with van der Waals surface area (Å²) in [6, 6.07) is 7.29. The molecular formula is C16H21NO3. The SMILES string of the molecule is C[C@@H](CCc1ccc(O)cc1)NC(=O)C1=COCCC1. The molecule has 0 radical (unpaired) electrons. The lowest BCUT2D eigenvalue weighted by Crippen LogP contribution is -2.34. The maximum absolute atomic E-state index is 12.0. The van der Waals surface area contributed by atoms with Gasteiger partial charge in [-0.25, -0.2) is 0 Å². The quantitative estimate of drug-likeness (QED) is 0.868. The van der Waals surface area contributed by atoms with Crippen LogP contribution in [0.4, 0.5) is 0 Å². The minimum absolute atomic E-state index is 0.0251. The lowest BCUT2D eigenvalue weighted by Gasteiger charge is -2.17.